The molecule has 23 heavy (non-hydrogen) atoms. The number of halogens is 1. The molecule has 4 nitrogen and oxygen atoms in total. The summed E-state index contributed by atoms with van der Waals surface area (Å²) in [5, 5.41) is 0. The summed E-state index contributed by atoms with van der Waals surface area (Å²) in [5.41, 5.74) is 0.499. The lowest BCUT2D eigenvalue weighted by Crippen LogP contribution is -2.52. The van der Waals surface area contributed by atoms with Crippen molar-refractivity contribution < 1.29 is 14.0 Å². The first kappa shape index (κ1) is 16.0. The second-order valence-electron chi connectivity index (χ2n) is 6.46. The fourth-order valence-corrected chi connectivity index (χ4v) is 3.51. The van der Waals surface area contributed by atoms with Crippen molar-refractivity contribution in [1.82, 2.24) is 9.80 Å². The Morgan fingerprint density at radius 3 is 2.04 bits per heavy atom. The van der Waals surface area contributed by atoms with Gasteiger partial charge < -0.3 is 9.80 Å². The molecule has 3 rings (SSSR count). The largest absolute Gasteiger partial charge is 0.339 e. The molecule has 2 fully saturated rings. The minimum atomic E-state index is -0.343. The van der Waals surface area contributed by atoms with Crippen LogP contribution in [0.2, 0.25) is 0 Å². The minimum absolute atomic E-state index is 0.0882. The van der Waals surface area contributed by atoms with Gasteiger partial charge in [0.25, 0.3) is 5.91 Å². The zero-order chi connectivity index (χ0) is 16.2. The van der Waals surface area contributed by atoms with Crippen LogP contribution in [0, 0.1) is 11.7 Å². The van der Waals surface area contributed by atoms with Crippen molar-refractivity contribution in [2.45, 2.75) is 32.1 Å². The van der Waals surface area contributed by atoms with Crippen molar-refractivity contribution >= 4 is 11.8 Å². The molecule has 1 aromatic carbocycles. The van der Waals surface area contributed by atoms with Gasteiger partial charge in [-0.3, -0.25) is 9.59 Å². The van der Waals surface area contributed by atoms with Crippen LogP contribution >= 0.6 is 0 Å². The SMILES string of the molecule is O=C(c1ccc(F)cc1)N1CCN(C(=O)C2CCCCC2)CC1. The van der Waals surface area contributed by atoms with Gasteiger partial charge in [0.1, 0.15) is 5.82 Å². The maximum Gasteiger partial charge on any atom is 0.253 e. The maximum absolute atomic E-state index is 12.9. The van der Waals surface area contributed by atoms with Crippen molar-refractivity contribution in [2.24, 2.45) is 5.92 Å². The highest BCUT2D eigenvalue weighted by Crippen LogP contribution is 2.26. The van der Waals surface area contributed by atoms with Crippen LogP contribution < -0.4 is 0 Å². The monoisotopic (exact) mass is 318 g/mol. The van der Waals surface area contributed by atoms with Gasteiger partial charge in [0.05, 0.1) is 0 Å². The number of hydrogen-bond donors (Lipinski definition) is 0. The number of rotatable bonds is 2. The molecule has 0 aromatic heterocycles. The summed E-state index contributed by atoms with van der Waals surface area (Å²) in [6, 6.07) is 5.63. The third kappa shape index (κ3) is 3.71. The average Bonchev–Trinajstić information content (AvgIpc) is 2.62. The second-order valence-corrected chi connectivity index (χ2v) is 6.46. The van der Waals surface area contributed by atoms with Gasteiger partial charge in [0.15, 0.2) is 0 Å². The molecule has 1 aromatic rings. The van der Waals surface area contributed by atoms with Gasteiger partial charge in [-0.2, -0.15) is 0 Å². The van der Waals surface area contributed by atoms with Crippen molar-refractivity contribution in [2.75, 3.05) is 26.2 Å². The number of carbonyl (C=O) groups excluding carboxylic acids is 2. The van der Waals surface area contributed by atoms with E-state index in [2.05, 4.69) is 0 Å². The summed E-state index contributed by atoms with van der Waals surface area (Å²) in [5.74, 6) is 0.0147. The van der Waals surface area contributed by atoms with Gasteiger partial charge in [-0.15, -0.1) is 0 Å². The molecule has 0 radical (unpaired) electrons. The Morgan fingerprint density at radius 2 is 1.43 bits per heavy atom. The Balaban J connectivity index is 1.54. The molecule has 1 aliphatic heterocycles. The Labute approximate surface area is 136 Å². The standard InChI is InChI=1S/C18H23FN2O2/c19-16-8-6-15(7-9-16)18(23)21-12-10-20(11-13-21)17(22)14-4-2-1-3-5-14/h6-9,14H,1-5,10-13H2. The predicted octanol–water partition coefficient (Wildman–Crippen LogP) is 2.69. The molecule has 124 valence electrons. The Bertz CT molecular complexity index is 559. The molecular weight excluding hydrogens is 295 g/mol. The molecule has 0 atom stereocenters. The van der Waals surface area contributed by atoms with Crippen molar-refractivity contribution in [3.05, 3.63) is 35.6 Å². The number of hydrogen-bond acceptors (Lipinski definition) is 2. The summed E-state index contributed by atoms with van der Waals surface area (Å²) in [4.78, 5) is 28.6. The fourth-order valence-electron chi connectivity index (χ4n) is 3.51. The predicted molar refractivity (Wildman–Crippen MR) is 85.5 cm³/mol. The molecule has 1 saturated heterocycles. The fraction of sp³-hybridized carbons (Fsp3) is 0.556. The van der Waals surface area contributed by atoms with E-state index in [-0.39, 0.29) is 23.5 Å². The van der Waals surface area contributed by atoms with Gasteiger partial charge in [0, 0.05) is 37.7 Å². The number of nitrogens with zero attached hydrogens (tertiary/aromatic N) is 2. The normalized spacial score (nSPS) is 19.7. The van der Waals surface area contributed by atoms with Gasteiger partial charge in [-0.05, 0) is 37.1 Å². The molecule has 1 heterocycles. The van der Waals surface area contributed by atoms with E-state index in [1.807, 2.05) is 4.90 Å². The Kier molecular flexibility index (Phi) is 4.94. The number of benzene rings is 1. The second kappa shape index (κ2) is 7.11. The van der Waals surface area contributed by atoms with Crippen LogP contribution in [0.15, 0.2) is 24.3 Å². The molecule has 0 N–H and O–H groups in total. The van der Waals surface area contributed by atoms with Crippen molar-refractivity contribution in [3.8, 4) is 0 Å². The van der Waals surface area contributed by atoms with Crippen LogP contribution in [0.4, 0.5) is 4.39 Å². The third-order valence-electron chi connectivity index (χ3n) is 4.92. The highest BCUT2D eigenvalue weighted by molar-refractivity contribution is 5.94. The smallest absolute Gasteiger partial charge is 0.253 e. The molecule has 0 unspecified atom stereocenters. The summed E-state index contributed by atoms with van der Waals surface area (Å²) in [7, 11) is 0. The van der Waals surface area contributed by atoms with E-state index >= 15 is 0 Å². The molecule has 0 spiro atoms. The quantitative estimate of drug-likeness (QED) is 0.841. The molecule has 0 bridgehead atoms. The van der Waals surface area contributed by atoms with Gasteiger partial charge in [-0.25, -0.2) is 4.39 Å². The van der Waals surface area contributed by atoms with Crippen LogP contribution in [0.5, 0.6) is 0 Å². The van der Waals surface area contributed by atoms with E-state index in [0.717, 1.165) is 25.7 Å². The van der Waals surface area contributed by atoms with Crippen LogP contribution in [-0.4, -0.2) is 47.8 Å². The van der Waals surface area contributed by atoms with E-state index < -0.39 is 0 Å². The van der Waals surface area contributed by atoms with Gasteiger partial charge in [0.2, 0.25) is 5.91 Å². The van der Waals surface area contributed by atoms with Crippen LogP contribution in [0.1, 0.15) is 42.5 Å². The van der Waals surface area contributed by atoms with E-state index in [1.165, 1.54) is 30.7 Å². The summed E-state index contributed by atoms with van der Waals surface area (Å²) in [6.07, 6.45) is 5.56. The molecular formula is C18H23FN2O2. The summed E-state index contributed by atoms with van der Waals surface area (Å²) in [6.45, 7) is 2.30. The lowest BCUT2D eigenvalue weighted by Gasteiger charge is -2.37. The molecule has 2 amide bonds. The van der Waals surface area contributed by atoms with E-state index in [1.54, 1.807) is 4.90 Å². The topological polar surface area (TPSA) is 40.6 Å². The lowest BCUT2D eigenvalue weighted by atomic mass is 9.88. The molecule has 1 saturated carbocycles. The number of piperazine rings is 1. The zero-order valence-electron chi connectivity index (χ0n) is 13.3. The third-order valence-corrected chi connectivity index (χ3v) is 4.92. The first-order chi connectivity index (χ1) is 11.1. The van der Waals surface area contributed by atoms with Crippen molar-refractivity contribution in [1.29, 1.82) is 0 Å². The summed E-state index contributed by atoms with van der Waals surface area (Å²) >= 11 is 0. The van der Waals surface area contributed by atoms with Crippen LogP contribution in [0.25, 0.3) is 0 Å². The summed E-state index contributed by atoms with van der Waals surface area (Å²) < 4.78 is 12.9. The molecule has 1 aliphatic carbocycles. The molecule has 5 heteroatoms. The van der Waals surface area contributed by atoms with Gasteiger partial charge >= 0.3 is 0 Å². The van der Waals surface area contributed by atoms with Crippen LogP contribution in [0.3, 0.4) is 0 Å². The van der Waals surface area contributed by atoms with E-state index in [4.69, 9.17) is 0 Å². The zero-order valence-corrected chi connectivity index (χ0v) is 13.3. The average molecular weight is 318 g/mol. The van der Waals surface area contributed by atoms with Crippen molar-refractivity contribution in [3.63, 3.8) is 0 Å². The van der Waals surface area contributed by atoms with Gasteiger partial charge in [-0.1, -0.05) is 19.3 Å². The number of amides is 2. The first-order valence-electron chi connectivity index (χ1n) is 8.49. The Morgan fingerprint density at radius 1 is 0.870 bits per heavy atom. The number of carbonyl (C=O) groups is 2. The Hall–Kier alpha value is -1.91. The highest BCUT2D eigenvalue weighted by atomic mass is 19.1. The van der Waals surface area contributed by atoms with Crippen LogP contribution in [-0.2, 0) is 4.79 Å². The lowest BCUT2D eigenvalue weighted by molar-refractivity contribution is -0.138. The first-order valence-corrected chi connectivity index (χ1v) is 8.49. The van der Waals surface area contributed by atoms with E-state index in [0.29, 0.717) is 31.7 Å². The van der Waals surface area contributed by atoms with E-state index in [9.17, 15) is 14.0 Å². The molecule has 2 aliphatic rings. The highest BCUT2D eigenvalue weighted by Gasteiger charge is 2.29. The maximum atomic E-state index is 12.9. The minimum Gasteiger partial charge on any atom is -0.339 e.